The van der Waals surface area contributed by atoms with Gasteiger partial charge in [-0.15, -0.1) is 0 Å². The SMILES string of the molecule is c1nc(CCn2cncc2C2CCCN2)no1. The summed E-state index contributed by atoms with van der Waals surface area (Å²) in [4.78, 5) is 8.24. The van der Waals surface area contributed by atoms with Crippen molar-refractivity contribution in [2.75, 3.05) is 6.54 Å². The first-order valence-electron chi connectivity index (χ1n) is 5.92. The molecule has 3 rings (SSSR count). The highest BCUT2D eigenvalue weighted by Crippen LogP contribution is 2.22. The number of rotatable bonds is 4. The summed E-state index contributed by atoms with van der Waals surface area (Å²) in [6.45, 7) is 1.94. The molecule has 0 bridgehead atoms. The van der Waals surface area contributed by atoms with Crippen LogP contribution >= 0.6 is 0 Å². The first-order chi connectivity index (χ1) is 8.43. The number of aryl methyl sites for hydroxylation is 2. The van der Waals surface area contributed by atoms with Gasteiger partial charge in [-0.1, -0.05) is 5.16 Å². The first-order valence-corrected chi connectivity index (χ1v) is 5.92. The minimum absolute atomic E-state index is 0.447. The molecule has 6 heteroatoms. The van der Waals surface area contributed by atoms with Crippen LogP contribution in [-0.4, -0.2) is 26.2 Å². The summed E-state index contributed by atoms with van der Waals surface area (Å²) in [6.07, 6.45) is 8.37. The molecule has 1 unspecified atom stereocenters. The number of hydrogen-bond acceptors (Lipinski definition) is 5. The standard InChI is InChI=1S/C11H15N5O/c1-2-9(13-4-1)10-6-12-7-16(10)5-3-11-14-8-17-15-11/h6-9,13H,1-5H2. The van der Waals surface area contributed by atoms with E-state index >= 15 is 0 Å². The lowest BCUT2D eigenvalue weighted by atomic mass is 10.2. The zero-order valence-corrected chi connectivity index (χ0v) is 9.54. The van der Waals surface area contributed by atoms with Gasteiger partial charge in [-0.2, -0.15) is 4.98 Å². The van der Waals surface area contributed by atoms with Gasteiger partial charge in [-0.3, -0.25) is 0 Å². The van der Waals surface area contributed by atoms with Gasteiger partial charge in [0.25, 0.3) is 0 Å². The van der Waals surface area contributed by atoms with Crippen LogP contribution in [0.25, 0.3) is 0 Å². The summed E-state index contributed by atoms with van der Waals surface area (Å²) in [5, 5.41) is 7.29. The van der Waals surface area contributed by atoms with E-state index in [1.165, 1.54) is 24.9 Å². The summed E-state index contributed by atoms with van der Waals surface area (Å²) < 4.78 is 6.88. The van der Waals surface area contributed by atoms with E-state index in [9.17, 15) is 0 Å². The highest BCUT2D eigenvalue weighted by molar-refractivity contribution is 5.07. The van der Waals surface area contributed by atoms with Crippen LogP contribution in [0.5, 0.6) is 0 Å². The predicted octanol–water partition coefficient (Wildman–Crippen LogP) is 0.933. The Morgan fingerprint density at radius 3 is 3.29 bits per heavy atom. The lowest BCUT2D eigenvalue weighted by molar-refractivity contribution is 0.407. The Balaban J connectivity index is 1.68. The van der Waals surface area contributed by atoms with Crippen LogP contribution in [0.15, 0.2) is 23.4 Å². The zero-order valence-electron chi connectivity index (χ0n) is 9.54. The maximum atomic E-state index is 4.72. The van der Waals surface area contributed by atoms with Gasteiger partial charge in [0.1, 0.15) is 0 Å². The highest BCUT2D eigenvalue weighted by atomic mass is 16.5. The fourth-order valence-electron chi connectivity index (χ4n) is 2.27. The molecule has 1 atom stereocenters. The van der Waals surface area contributed by atoms with Crippen LogP contribution in [0.1, 0.15) is 30.4 Å². The van der Waals surface area contributed by atoms with E-state index in [4.69, 9.17) is 4.52 Å². The van der Waals surface area contributed by atoms with E-state index < -0.39 is 0 Å². The molecule has 0 aliphatic carbocycles. The van der Waals surface area contributed by atoms with Crippen molar-refractivity contribution in [3.63, 3.8) is 0 Å². The molecule has 2 aromatic rings. The molecular weight excluding hydrogens is 218 g/mol. The second-order valence-corrected chi connectivity index (χ2v) is 4.26. The van der Waals surface area contributed by atoms with Crippen LogP contribution in [0.4, 0.5) is 0 Å². The van der Waals surface area contributed by atoms with Gasteiger partial charge in [-0.05, 0) is 19.4 Å². The van der Waals surface area contributed by atoms with Crippen molar-refractivity contribution in [2.24, 2.45) is 0 Å². The van der Waals surface area contributed by atoms with Crippen LogP contribution < -0.4 is 5.32 Å². The van der Waals surface area contributed by atoms with Gasteiger partial charge < -0.3 is 14.4 Å². The number of nitrogens with zero attached hydrogens (tertiary/aromatic N) is 4. The van der Waals surface area contributed by atoms with E-state index in [0.29, 0.717) is 6.04 Å². The topological polar surface area (TPSA) is 68.8 Å². The van der Waals surface area contributed by atoms with E-state index in [2.05, 4.69) is 25.0 Å². The Morgan fingerprint density at radius 1 is 1.53 bits per heavy atom. The molecule has 0 radical (unpaired) electrons. The maximum Gasteiger partial charge on any atom is 0.213 e. The lowest BCUT2D eigenvalue weighted by Gasteiger charge is -2.13. The second-order valence-electron chi connectivity index (χ2n) is 4.26. The Bertz CT molecular complexity index is 458. The van der Waals surface area contributed by atoms with Crippen LogP contribution in [0.3, 0.4) is 0 Å². The Morgan fingerprint density at radius 2 is 2.53 bits per heavy atom. The molecule has 0 aromatic carbocycles. The molecule has 6 nitrogen and oxygen atoms in total. The van der Waals surface area contributed by atoms with Crippen LogP contribution in [-0.2, 0) is 13.0 Å². The van der Waals surface area contributed by atoms with Crippen LogP contribution in [0, 0.1) is 0 Å². The van der Waals surface area contributed by atoms with Gasteiger partial charge in [0.2, 0.25) is 6.39 Å². The normalized spacial score (nSPS) is 19.9. The van der Waals surface area contributed by atoms with E-state index in [1.54, 1.807) is 0 Å². The summed E-state index contributed by atoms with van der Waals surface area (Å²) in [5.41, 5.74) is 1.26. The summed E-state index contributed by atoms with van der Waals surface area (Å²) in [6, 6.07) is 0.447. The molecule has 1 N–H and O–H groups in total. The third kappa shape index (κ3) is 2.21. The molecule has 1 aliphatic rings. The molecular formula is C11H15N5O. The smallest absolute Gasteiger partial charge is 0.213 e. The Kier molecular flexibility index (Phi) is 2.87. The Hall–Kier alpha value is -1.69. The van der Waals surface area contributed by atoms with E-state index in [0.717, 1.165) is 25.3 Å². The van der Waals surface area contributed by atoms with Crippen molar-refractivity contribution >= 4 is 0 Å². The quantitative estimate of drug-likeness (QED) is 0.851. The molecule has 1 saturated heterocycles. The van der Waals surface area contributed by atoms with Crippen molar-refractivity contribution in [3.05, 3.63) is 30.4 Å². The van der Waals surface area contributed by atoms with Gasteiger partial charge in [0.15, 0.2) is 5.82 Å². The second kappa shape index (κ2) is 4.67. The molecule has 0 saturated carbocycles. The number of aromatic nitrogens is 4. The third-order valence-corrected chi connectivity index (χ3v) is 3.15. The van der Waals surface area contributed by atoms with Crippen molar-refractivity contribution in [3.8, 4) is 0 Å². The number of imidazole rings is 1. The van der Waals surface area contributed by atoms with Gasteiger partial charge in [0, 0.05) is 25.2 Å². The molecule has 2 aromatic heterocycles. The average Bonchev–Trinajstić information content (AvgIpc) is 3.09. The molecule has 90 valence electrons. The molecule has 0 amide bonds. The van der Waals surface area contributed by atoms with Crippen molar-refractivity contribution < 1.29 is 4.52 Å². The number of nitrogens with one attached hydrogen (secondary N) is 1. The van der Waals surface area contributed by atoms with Gasteiger partial charge in [-0.25, -0.2) is 4.98 Å². The highest BCUT2D eigenvalue weighted by Gasteiger charge is 2.19. The van der Waals surface area contributed by atoms with E-state index in [-0.39, 0.29) is 0 Å². The van der Waals surface area contributed by atoms with Gasteiger partial charge >= 0.3 is 0 Å². The third-order valence-electron chi connectivity index (χ3n) is 3.15. The van der Waals surface area contributed by atoms with E-state index in [1.807, 2.05) is 12.5 Å². The average molecular weight is 233 g/mol. The summed E-state index contributed by atoms with van der Waals surface area (Å²) >= 11 is 0. The van der Waals surface area contributed by atoms with Crippen molar-refractivity contribution in [1.82, 2.24) is 25.0 Å². The zero-order chi connectivity index (χ0) is 11.5. The Labute approximate surface area is 99.0 Å². The summed E-state index contributed by atoms with van der Waals surface area (Å²) in [7, 11) is 0. The largest absolute Gasteiger partial charge is 0.343 e. The minimum Gasteiger partial charge on any atom is -0.343 e. The van der Waals surface area contributed by atoms with Crippen molar-refractivity contribution in [2.45, 2.75) is 31.8 Å². The van der Waals surface area contributed by atoms with Gasteiger partial charge in [0.05, 0.1) is 12.0 Å². The minimum atomic E-state index is 0.447. The molecule has 0 spiro atoms. The fourth-order valence-corrected chi connectivity index (χ4v) is 2.27. The predicted molar refractivity (Wildman–Crippen MR) is 60.2 cm³/mol. The number of hydrogen-bond donors (Lipinski definition) is 1. The maximum absolute atomic E-state index is 4.72. The molecule has 3 heterocycles. The molecule has 1 aliphatic heterocycles. The lowest BCUT2D eigenvalue weighted by Crippen LogP contribution is -2.17. The fraction of sp³-hybridized carbons (Fsp3) is 0.545. The monoisotopic (exact) mass is 233 g/mol. The first kappa shape index (κ1) is 10.5. The van der Waals surface area contributed by atoms with Crippen LogP contribution in [0.2, 0.25) is 0 Å². The molecule has 17 heavy (non-hydrogen) atoms. The van der Waals surface area contributed by atoms with Crippen molar-refractivity contribution in [1.29, 1.82) is 0 Å². The summed E-state index contributed by atoms with van der Waals surface area (Å²) in [5.74, 6) is 0.740. The molecule has 1 fully saturated rings.